The summed E-state index contributed by atoms with van der Waals surface area (Å²) in [6, 6.07) is 0. The van der Waals surface area contributed by atoms with Gasteiger partial charge in [-0.15, -0.1) is 0 Å². The number of amides is 1. The van der Waals surface area contributed by atoms with Gasteiger partial charge in [-0.3, -0.25) is 4.79 Å². The number of Topliss-reactive ketones (excluding diaryl/α,β-unsaturated/α-hetero) is 1. The van der Waals surface area contributed by atoms with E-state index in [1.54, 1.807) is 6.92 Å². The van der Waals surface area contributed by atoms with Gasteiger partial charge in [0.1, 0.15) is 5.76 Å². The minimum absolute atomic E-state index is 0.0206. The lowest BCUT2D eigenvalue weighted by atomic mass is 10.0. The molecule has 0 bridgehead atoms. The zero-order chi connectivity index (χ0) is 13.0. The molecule has 0 aromatic rings. The molecule has 7 heteroatoms. The second kappa shape index (κ2) is 5.33. The number of rotatable bonds is 3. The Morgan fingerprint density at radius 3 is 2.59 bits per heavy atom. The second-order valence-electron chi connectivity index (χ2n) is 3.43. The van der Waals surface area contributed by atoms with Gasteiger partial charge in [0.25, 0.3) is 5.78 Å². The Kier molecular flexibility index (Phi) is 4.08. The van der Waals surface area contributed by atoms with Crippen molar-refractivity contribution in [2.45, 2.75) is 13.3 Å². The number of ether oxygens (including phenoxy) is 1. The van der Waals surface area contributed by atoms with E-state index in [-0.39, 0.29) is 37.4 Å². The molecule has 0 fully saturated rings. The number of aliphatic hydroxyl groups excluding tert-OH is 1. The van der Waals surface area contributed by atoms with Crippen LogP contribution in [0.25, 0.3) is 0 Å². The summed E-state index contributed by atoms with van der Waals surface area (Å²) in [6.45, 7) is 1.39. The fraction of sp³-hybridized carbons (Fsp3) is 0.500. The maximum atomic E-state index is 11.6. The van der Waals surface area contributed by atoms with Crippen molar-refractivity contribution in [1.82, 2.24) is 4.90 Å². The Morgan fingerprint density at radius 2 is 2.06 bits per heavy atom. The summed E-state index contributed by atoms with van der Waals surface area (Å²) < 4.78 is 4.50. The van der Waals surface area contributed by atoms with Gasteiger partial charge >= 0.3 is 12.1 Å². The number of esters is 1. The molecule has 1 amide bonds. The minimum atomic E-state index is -1.20. The molecule has 1 aliphatic heterocycles. The van der Waals surface area contributed by atoms with Gasteiger partial charge in [-0.1, -0.05) is 0 Å². The summed E-state index contributed by atoms with van der Waals surface area (Å²) in [5, 5.41) is 18.2. The molecule has 0 saturated carbocycles. The summed E-state index contributed by atoms with van der Waals surface area (Å²) in [6.07, 6.45) is -1.18. The number of ketones is 1. The molecule has 0 spiro atoms. The van der Waals surface area contributed by atoms with Crippen molar-refractivity contribution in [2.24, 2.45) is 0 Å². The van der Waals surface area contributed by atoms with Crippen LogP contribution >= 0.6 is 0 Å². The smallest absolute Gasteiger partial charge is 0.407 e. The molecule has 0 atom stereocenters. The van der Waals surface area contributed by atoms with Crippen LogP contribution in [-0.4, -0.2) is 52.7 Å². The highest BCUT2D eigenvalue weighted by Gasteiger charge is 2.30. The Hall–Kier alpha value is -2.05. The van der Waals surface area contributed by atoms with E-state index < -0.39 is 17.8 Å². The van der Waals surface area contributed by atoms with E-state index >= 15 is 0 Å². The van der Waals surface area contributed by atoms with E-state index in [2.05, 4.69) is 4.74 Å². The van der Waals surface area contributed by atoms with E-state index in [0.717, 1.165) is 4.90 Å². The molecule has 7 nitrogen and oxygen atoms in total. The molecular formula is C10H13NO6. The van der Waals surface area contributed by atoms with Crippen LogP contribution in [0.4, 0.5) is 4.79 Å². The monoisotopic (exact) mass is 243 g/mol. The van der Waals surface area contributed by atoms with Gasteiger partial charge in [0.2, 0.25) is 0 Å². The fourth-order valence-corrected chi connectivity index (χ4v) is 1.44. The number of nitrogens with zero attached hydrogens (tertiary/aromatic N) is 1. The quantitative estimate of drug-likeness (QED) is 0.546. The molecule has 94 valence electrons. The fourth-order valence-electron chi connectivity index (χ4n) is 1.44. The SMILES string of the molecule is CCOC(=O)C(=O)C1=C(O)CCN(C(=O)O)C1. The highest BCUT2D eigenvalue weighted by molar-refractivity contribution is 6.40. The van der Waals surface area contributed by atoms with E-state index in [1.165, 1.54) is 0 Å². The average molecular weight is 243 g/mol. The lowest BCUT2D eigenvalue weighted by Gasteiger charge is -2.25. The Morgan fingerprint density at radius 1 is 1.41 bits per heavy atom. The maximum absolute atomic E-state index is 11.6. The van der Waals surface area contributed by atoms with Crippen LogP contribution in [-0.2, 0) is 14.3 Å². The van der Waals surface area contributed by atoms with Gasteiger partial charge < -0.3 is 19.8 Å². The van der Waals surface area contributed by atoms with Crippen LogP contribution in [0, 0.1) is 0 Å². The number of carbonyl (C=O) groups excluding carboxylic acids is 2. The van der Waals surface area contributed by atoms with E-state index in [0.29, 0.717) is 0 Å². The highest BCUT2D eigenvalue weighted by atomic mass is 16.5. The lowest BCUT2D eigenvalue weighted by molar-refractivity contribution is -0.152. The first-order chi connectivity index (χ1) is 7.97. The molecule has 1 rings (SSSR count). The van der Waals surface area contributed by atoms with Crippen molar-refractivity contribution in [3.8, 4) is 0 Å². The van der Waals surface area contributed by atoms with Gasteiger partial charge in [-0.25, -0.2) is 9.59 Å². The third-order valence-corrected chi connectivity index (χ3v) is 2.32. The van der Waals surface area contributed by atoms with Crippen molar-refractivity contribution < 1.29 is 29.3 Å². The lowest BCUT2D eigenvalue weighted by Crippen LogP contribution is -2.39. The van der Waals surface area contributed by atoms with Crippen molar-refractivity contribution in [1.29, 1.82) is 0 Å². The summed E-state index contributed by atoms with van der Waals surface area (Å²) in [7, 11) is 0. The van der Waals surface area contributed by atoms with Crippen molar-refractivity contribution in [3.05, 3.63) is 11.3 Å². The molecule has 0 aliphatic carbocycles. The van der Waals surface area contributed by atoms with Gasteiger partial charge in [-0.2, -0.15) is 0 Å². The van der Waals surface area contributed by atoms with Gasteiger partial charge in [0.15, 0.2) is 0 Å². The summed E-state index contributed by atoms with van der Waals surface area (Å²) in [5.74, 6) is -2.32. The largest absolute Gasteiger partial charge is 0.512 e. The molecule has 17 heavy (non-hydrogen) atoms. The molecule has 2 N–H and O–H groups in total. The summed E-state index contributed by atoms with van der Waals surface area (Å²) >= 11 is 0. The first-order valence-corrected chi connectivity index (χ1v) is 5.07. The molecule has 0 radical (unpaired) electrons. The Labute approximate surface area is 97.3 Å². The molecular weight excluding hydrogens is 230 g/mol. The van der Waals surface area contributed by atoms with Gasteiger partial charge in [-0.05, 0) is 6.92 Å². The molecule has 0 saturated heterocycles. The van der Waals surface area contributed by atoms with Crippen LogP contribution < -0.4 is 0 Å². The topological polar surface area (TPSA) is 104 Å². The van der Waals surface area contributed by atoms with Gasteiger partial charge in [0.05, 0.1) is 18.7 Å². The van der Waals surface area contributed by atoms with E-state index in [1.807, 2.05) is 0 Å². The number of hydrogen-bond donors (Lipinski definition) is 2. The number of carboxylic acid groups (broad SMARTS) is 1. The number of hydrogen-bond acceptors (Lipinski definition) is 5. The maximum Gasteiger partial charge on any atom is 0.407 e. The molecule has 1 aliphatic rings. The molecule has 1 heterocycles. The Bertz CT molecular complexity index is 386. The van der Waals surface area contributed by atoms with Crippen molar-refractivity contribution in [2.75, 3.05) is 19.7 Å². The third kappa shape index (κ3) is 2.96. The standard InChI is InChI=1S/C10H13NO6/c1-2-17-9(14)8(13)6-5-11(10(15)16)4-3-7(6)12/h12H,2-5H2,1H3,(H,15,16). The van der Waals surface area contributed by atoms with Crippen molar-refractivity contribution in [3.63, 3.8) is 0 Å². The summed E-state index contributed by atoms with van der Waals surface area (Å²) in [5.41, 5.74) is -0.211. The Balaban J connectivity index is 2.84. The number of aliphatic hydroxyl groups is 1. The predicted octanol–water partition coefficient (Wildman–Crippen LogP) is 0.314. The minimum Gasteiger partial charge on any atom is -0.512 e. The van der Waals surface area contributed by atoms with Crippen LogP contribution in [0.1, 0.15) is 13.3 Å². The third-order valence-electron chi connectivity index (χ3n) is 2.32. The first kappa shape index (κ1) is 13.0. The van der Waals surface area contributed by atoms with Gasteiger partial charge in [0, 0.05) is 13.0 Å². The van der Waals surface area contributed by atoms with E-state index in [4.69, 9.17) is 5.11 Å². The van der Waals surface area contributed by atoms with Crippen molar-refractivity contribution >= 4 is 17.8 Å². The number of carbonyl (C=O) groups is 3. The normalized spacial score (nSPS) is 15.7. The average Bonchev–Trinajstić information content (AvgIpc) is 2.28. The molecule has 0 unspecified atom stereocenters. The highest BCUT2D eigenvalue weighted by Crippen LogP contribution is 2.17. The van der Waals surface area contributed by atoms with Crippen LogP contribution in [0.3, 0.4) is 0 Å². The van der Waals surface area contributed by atoms with Crippen LogP contribution in [0.5, 0.6) is 0 Å². The van der Waals surface area contributed by atoms with Crippen LogP contribution in [0.15, 0.2) is 11.3 Å². The summed E-state index contributed by atoms with van der Waals surface area (Å²) in [4.78, 5) is 34.4. The van der Waals surface area contributed by atoms with E-state index in [9.17, 15) is 19.5 Å². The zero-order valence-electron chi connectivity index (χ0n) is 9.30. The molecule has 0 aromatic carbocycles. The predicted molar refractivity (Wildman–Crippen MR) is 55.5 cm³/mol. The first-order valence-electron chi connectivity index (χ1n) is 5.07. The zero-order valence-corrected chi connectivity index (χ0v) is 9.30. The second-order valence-corrected chi connectivity index (χ2v) is 3.43. The molecule has 0 aromatic heterocycles. The van der Waals surface area contributed by atoms with Crippen LogP contribution in [0.2, 0.25) is 0 Å².